The Morgan fingerprint density at radius 2 is 1.78 bits per heavy atom. The first-order valence-corrected chi connectivity index (χ1v) is 12.1. The van der Waals surface area contributed by atoms with Crippen LogP contribution in [0, 0.1) is 6.92 Å². The van der Waals surface area contributed by atoms with Crippen LogP contribution >= 0.6 is 11.3 Å². The monoisotopic (exact) mass is 509 g/mol. The number of carboxylic acids is 1. The summed E-state index contributed by atoms with van der Waals surface area (Å²) in [7, 11) is 4.73. The van der Waals surface area contributed by atoms with Crippen LogP contribution in [0.25, 0.3) is 22.2 Å². The number of benzene rings is 2. The molecule has 0 unspecified atom stereocenters. The van der Waals surface area contributed by atoms with E-state index in [1.54, 1.807) is 38.5 Å². The van der Waals surface area contributed by atoms with E-state index in [2.05, 4.69) is 0 Å². The Balaban J connectivity index is 1.78. The van der Waals surface area contributed by atoms with E-state index in [-0.39, 0.29) is 18.1 Å². The molecule has 4 aromatic rings. The molecule has 0 saturated heterocycles. The molecule has 1 N–H and O–H groups in total. The number of carbonyl (C=O) groups excluding carboxylic acids is 1. The molecule has 0 aliphatic heterocycles. The molecule has 9 nitrogen and oxygen atoms in total. The number of fused-ring (bicyclic) bond motifs is 1. The van der Waals surface area contributed by atoms with Crippen molar-refractivity contribution in [1.82, 2.24) is 9.55 Å². The molecule has 2 aromatic carbocycles. The number of carboxylic acid groups (broad SMARTS) is 1. The van der Waals surface area contributed by atoms with Gasteiger partial charge in [-0.05, 0) is 49.7 Å². The number of methoxy groups -OCH3 is 3. The van der Waals surface area contributed by atoms with Crippen molar-refractivity contribution >= 4 is 39.2 Å². The number of nitrogens with zero attached hydrogens (tertiary/aromatic N) is 3. The number of hydrogen-bond acceptors (Lipinski definition) is 7. The van der Waals surface area contributed by atoms with Crippen molar-refractivity contribution in [3.8, 4) is 28.5 Å². The number of amides is 1. The van der Waals surface area contributed by atoms with Crippen LogP contribution < -0.4 is 19.1 Å². The SMILES string of the molecule is CCN(C(=O)c1cc2c(OC)cccc2n1CC(=O)O)c1nc(-c2cc(OC)c(C)cc2OC)cs1. The molecule has 0 aliphatic carbocycles. The van der Waals surface area contributed by atoms with Crippen molar-refractivity contribution in [2.24, 2.45) is 0 Å². The average molecular weight is 510 g/mol. The van der Waals surface area contributed by atoms with E-state index in [0.717, 1.165) is 11.1 Å². The van der Waals surface area contributed by atoms with Crippen LogP contribution in [-0.2, 0) is 11.3 Å². The highest BCUT2D eigenvalue weighted by atomic mass is 32.1. The van der Waals surface area contributed by atoms with E-state index in [4.69, 9.17) is 19.2 Å². The quantitative estimate of drug-likeness (QED) is 0.344. The molecule has 4 rings (SSSR count). The van der Waals surface area contributed by atoms with Crippen LogP contribution in [0.3, 0.4) is 0 Å². The molecule has 2 heterocycles. The van der Waals surface area contributed by atoms with Crippen molar-refractivity contribution in [2.45, 2.75) is 20.4 Å². The third-order valence-electron chi connectivity index (χ3n) is 5.92. The zero-order valence-electron chi connectivity index (χ0n) is 20.7. The fourth-order valence-electron chi connectivity index (χ4n) is 4.18. The molecule has 0 aliphatic rings. The molecule has 0 atom stereocenters. The lowest BCUT2D eigenvalue weighted by Gasteiger charge is -2.19. The maximum atomic E-state index is 13.8. The average Bonchev–Trinajstić information content (AvgIpc) is 3.49. The summed E-state index contributed by atoms with van der Waals surface area (Å²) in [5.41, 5.74) is 3.16. The normalized spacial score (nSPS) is 10.9. The third-order valence-corrected chi connectivity index (χ3v) is 6.78. The standard InChI is InChI=1S/C26H27N3O6S/c1-6-28(26-27-18(14-36-26)16-12-22(34-4)15(2)10-23(16)35-5)25(32)20-11-17-19(29(20)13-24(30)31)8-7-9-21(17)33-3/h7-12,14H,6,13H2,1-5H3,(H,30,31). The summed E-state index contributed by atoms with van der Waals surface area (Å²) < 4.78 is 18.0. The van der Waals surface area contributed by atoms with E-state index in [1.165, 1.54) is 27.9 Å². The van der Waals surface area contributed by atoms with Gasteiger partial charge in [0.15, 0.2) is 5.13 Å². The van der Waals surface area contributed by atoms with Crippen LogP contribution in [0.1, 0.15) is 23.0 Å². The predicted molar refractivity (Wildman–Crippen MR) is 139 cm³/mol. The van der Waals surface area contributed by atoms with Gasteiger partial charge >= 0.3 is 5.97 Å². The van der Waals surface area contributed by atoms with Crippen molar-refractivity contribution in [2.75, 3.05) is 32.8 Å². The first-order valence-electron chi connectivity index (χ1n) is 11.2. The van der Waals surface area contributed by atoms with Crippen LogP contribution in [0.2, 0.25) is 0 Å². The fourth-order valence-corrected chi connectivity index (χ4v) is 5.07. The Labute approximate surface area is 212 Å². The van der Waals surface area contributed by atoms with Crippen molar-refractivity contribution < 1.29 is 28.9 Å². The number of aromatic nitrogens is 2. The second-order valence-electron chi connectivity index (χ2n) is 7.99. The van der Waals surface area contributed by atoms with Gasteiger partial charge in [0, 0.05) is 22.9 Å². The molecule has 0 bridgehead atoms. The molecule has 0 radical (unpaired) electrons. The molecular formula is C26H27N3O6S. The Morgan fingerprint density at radius 1 is 1.06 bits per heavy atom. The zero-order chi connectivity index (χ0) is 26.0. The molecule has 36 heavy (non-hydrogen) atoms. The van der Waals surface area contributed by atoms with E-state index in [9.17, 15) is 14.7 Å². The number of carbonyl (C=O) groups is 2. The lowest BCUT2D eigenvalue weighted by atomic mass is 10.1. The largest absolute Gasteiger partial charge is 0.496 e. The van der Waals surface area contributed by atoms with Crippen molar-refractivity contribution in [3.63, 3.8) is 0 Å². The predicted octanol–water partition coefficient (Wildman–Crippen LogP) is 4.85. The lowest BCUT2D eigenvalue weighted by Crippen LogP contribution is -2.32. The maximum Gasteiger partial charge on any atom is 0.323 e. The minimum atomic E-state index is -1.05. The summed E-state index contributed by atoms with van der Waals surface area (Å²) >= 11 is 1.32. The van der Waals surface area contributed by atoms with Gasteiger partial charge in [0.2, 0.25) is 0 Å². The molecule has 1 amide bonds. The number of thiazole rings is 1. The zero-order valence-corrected chi connectivity index (χ0v) is 21.5. The third kappa shape index (κ3) is 4.47. The highest BCUT2D eigenvalue weighted by Gasteiger charge is 2.26. The van der Waals surface area contributed by atoms with E-state index < -0.39 is 5.97 Å². The van der Waals surface area contributed by atoms with Crippen LogP contribution in [0.5, 0.6) is 17.2 Å². The smallest absolute Gasteiger partial charge is 0.323 e. The number of anilines is 1. The molecule has 0 spiro atoms. The Morgan fingerprint density at radius 3 is 2.42 bits per heavy atom. The molecule has 0 fully saturated rings. The van der Waals surface area contributed by atoms with Gasteiger partial charge in [-0.3, -0.25) is 14.5 Å². The van der Waals surface area contributed by atoms with Gasteiger partial charge in [-0.1, -0.05) is 6.07 Å². The van der Waals surface area contributed by atoms with Gasteiger partial charge in [0.1, 0.15) is 29.5 Å². The minimum absolute atomic E-state index is 0.241. The van der Waals surface area contributed by atoms with Gasteiger partial charge in [0.05, 0.1) is 32.5 Å². The molecule has 10 heteroatoms. The van der Waals surface area contributed by atoms with Crippen molar-refractivity contribution in [1.29, 1.82) is 0 Å². The van der Waals surface area contributed by atoms with Gasteiger partial charge in [-0.25, -0.2) is 4.98 Å². The number of aliphatic carboxylic acids is 1. The Bertz CT molecular complexity index is 1440. The van der Waals surface area contributed by atoms with Crippen LogP contribution in [0.15, 0.2) is 41.8 Å². The summed E-state index contributed by atoms with van der Waals surface area (Å²) in [4.78, 5) is 31.7. The van der Waals surface area contributed by atoms with Gasteiger partial charge in [-0.2, -0.15) is 0 Å². The number of hydrogen-bond donors (Lipinski definition) is 1. The first kappa shape index (κ1) is 25.1. The maximum absolute atomic E-state index is 13.8. The molecular weight excluding hydrogens is 482 g/mol. The fraction of sp³-hybridized carbons (Fsp3) is 0.269. The van der Waals surface area contributed by atoms with Crippen molar-refractivity contribution in [3.05, 3.63) is 53.0 Å². The molecule has 0 saturated carbocycles. The van der Waals surface area contributed by atoms with E-state index in [0.29, 0.717) is 45.5 Å². The summed E-state index contributed by atoms with van der Waals surface area (Å²) in [6.07, 6.45) is 0. The lowest BCUT2D eigenvalue weighted by molar-refractivity contribution is -0.137. The minimum Gasteiger partial charge on any atom is -0.496 e. The van der Waals surface area contributed by atoms with E-state index in [1.807, 2.05) is 31.4 Å². The van der Waals surface area contributed by atoms with Gasteiger partial charge in [0.25, 0.3) is 5.91 Å². The summed E-state index contributed by atoms with van der Waals surface area (Å²) in [5.74, 6) is 0.505. The Hall–Kier alpha value is -4.05. The van der Waals surface area contributed by atoms with Gasteiger partial charge in [-0.15, -0.1) is 11.3 Å². The summed E-state index contributed by atoms with van der Waals surface area (Å²) in [6.45, 7) is 3.75. The second-order valence-corrected chi connectivity index (χ2v) is 8.83. The summed E-state index contributed by atoms with van der Waals surface area (Å²) in [5, 5.41) is 12.5. The molecule has 2 aromatic heterocycles. The number of rotatable bonds is 9. The second kappa shape index (κ2) is 10.3. The Kier molecular flexibility index (Phi) is 7.16. The topological polar surface area (TPSA) is 103 Å². The summed E-state index contributed by atoms with van der Waals surface area (Å²) in [6, 6.07) is 10.7. The van der Waals surface area contributed by atoms with Gasteiger partial charge < -0.3 is 23.9 Å². The first-order chi connectivity index (χ1) is 17.3. The van der Waals surface area contributed by atoms with E-state index >= 15 is 0 Å². The number of aryl methyl sites for hydroxylation is 1. The highest BCUT2D eigenvalue weighted by Crippen LogP contribution is 2.38. The number of ether oxygens (including phenoxy) is 3. The van der Waals surface area contributed by atoms with Crippen LogP contribution in [0.4, 0.5) is 5.13 Å². The molecule has 188 valence electrons. The van der Waals surface area contributed by atoms with Crippen LogP contribution in [-0.4, -0.2) is 54.4 Å². The highest BCUT2D eigenvalue weighted by molar-refractivity contribution is 7.14.